The molecule has 1 aliphatic heterocycles. The molecule has 0 aromatic carbocycles. The number of nitrogens with zero attached hydrogens (tertiary/aromatic N) is 1. The zero-order valence-electron chi connectivity index (χ0n) is 12.2. The van der Waals surface area contributed by atoms with E-state index in [2.05, 4.69) is 37.1 Å². The summed E-state index contributed by atoms with van der Waals surface area (Å²) in [4.78, 5) is 3.90. The summed E-state index contributed by atoms with van der Waals surface area (Å²) >= 11 is 7.69. The Kier molecular flexibility index (Phi) is 5.70. The standard InChI is InChI=1S/C15H25ClN2S/c1-4-18-9-5-6-13(10-18)11(2)17-12(3)14-7-8-15(16)19-14/h7-8,11-13,17H,4-6,9-10H2,1-3H3. The van der Waals surface area contributed by atoms with Gasteiger partial charge in [0.2, 0.25) is 0 Å². The molecule has 2 nitrogen and oxygen atoms in total. The molecule has 2 rings (SSSR count). The summed E-state index contributed by atoms with van der Waals surface area (Å²) in [7, 11) is 0. The van der Waals surface area contributed by atoms with Crippen LogP contribution in [0.4, 0.5) is 0 Å². The Labute approximate surface area is 126 Å². The molecule has 1 aromatic rings. The van der Waals surface area contributed by atoms with Crippen molar-refractivity contribution in [1.29, 1.82) is 0 Å². The lowest BCUT2D eigenvalue weighted by molar-refractivity contribution is 0.153. The van der Waals surface area contributed by atoms with Gasteiger partial charge < -0.3 is 10.2 Å². The van der Waals surface area contributed by atoms with E-state index in [0.717, 1.165) is 10.3 Å². The van der Waals surface area contributed by atoms with Crippen LogP contribution in [-0.2, 0) is 0 Å². The van der Waals surface area contributed by atoms with Gasteiger partial charge in [-0.2, -0.15) is 0 Å². The minimum absolute atomic E-state index is 0.393. The summed E-state index contributed by atoms with van der Waals surface area (Å²) in [6.45, 7) is 10.5. The molecule has 1 aliphatic rings. The number of rotatable bonds is 5. The Morgan fingerprint density at radius 1 is 1.47 bits per heavy atom. The molecule has 1 fully saturated rings. The number of hydrogen-bond acceptors (Lipinski definition) is 3. The zero-order chi connectivity index (χ0) is 13.8. The predicted molar refractivity (Wildman–Crippen MR) is 85.2 cm³/mol. The van der Waals surface area contributed by atoms with Crippen LogP contribution in [0, 0.1) is 5.92 Å². The zero-order valence-corrected chi connectivity index (χ0v) is 13.7. The van der Waals surface area contributed by atoms with E-state index in [9.17, 15) is 0 Å². The lowest BCUT2D eigenvalue weighted by Crippen LogP contribution is -2.44. The number of hydrogen-bond donors (Lipinski definition) is 1. The molecule has 4 heteroatoms. The largest absolute Gasteiger partial charge is 0.307 e. The summed E-state index contributed by atoms with van der Waals surface area (Å²) in [5.41, 5.74) is 0. The van der Waals surface area contributed by atoms with Gasteiger partial charge in [-0.25, -0.2) is 0 Å². The van der Waals surface area contributed by atoms with Gasteiger partial charge in [-0.15, -0.1) is 11.3 Å². The average Bonchev–Trinajstić information content (AvgIpc) is 2.85. The molecule has 0 bridgehead atoms. The quantitative estimate of drug-likeness (QED) is 0.878. The SMILES string of the molecule is CCN1CCCC(C(C)NC(C)c2ccc(Cl)s2)C1. The minimum atomic E-state index is 0.393. The van der Waals surface area contributed by atoms with E-state index in [1.165, 1.54) is 37.4 Å². The molecule has 3 atom stereocenters. The van der Waals surface area contributed by atoms with Crippen molar-refractivity contribution >= 4 is 22.9 Å². The van der Waals surface area contributed by atoms with E-state index in [1.54, 1.807) is 11.3 Å². The summed E-state index contributed by atoms with van der Waals surface area (Å²) < 4.78 is 0.881. The fourth-order valence-corrected chi connectivity index (χ4v) is 4.03. The first kappa shape index (κ1) is 15.3. The highest BCUT2D eigenvalue weighted by molar-refractivity contribution is 7.16. The first-order chi connectivity index (χ1) is 9.10. The molecule has 0 saturated carbocycles. The highest BCUT2D eigenvalue weighted by Gasteiger charge is 2.25. The van der Waals surface area contributed by atoms with Crippen LogP contribution >= 0.6 is 22.9 Å². The second kappa shape index (κ2) is 7.07. The second-order valence-electron chi connectivity index (χ2n) is 5.61. The lowest BCUT2D eigenvalue weighted by Gasteiger charge is -2.36. The average molecular weight is 301 g/mol. The Hall–Kier alpha value is -0.0900. The van der Waals surface area contributed by atoms with Gasteiger partial charge in [0.1, 0.15) is 0 Å². The van der Waals surface area contributed by atoms with Crippen LogP contribution in [0.15, 0.2) is 12.1 Å². The Balaban J connectivity index is 1.87. The summed E-state index contributed by atoms with van der Waals surface area (Å²) in [6, 6.07) is 5.08. The third kappa shape index (κ3) is 4.19. The first-order valence-corrected chi connectivity index (χ1v) is 8.53. The van der Waals surface area contributed by atoms with Gasteiger partial charge >= 0.3 is 0 Å². The summed E-state index contributed by atoms with van der Waals surface area (Å²) in [6.07, 6.45) is 2.69. The van der Waals surface area contributed by atoms with Crippen LogP contribution in [0.5, 0.6) is 0 Å². The Morgan fingerprint density at radius 3 is 2.89 bits per heavy atom. The van der Waals surface area contributed by atoms with Gasteiger partial charge in [-0.1, -0.05) is 18.5 Å². The van der Waals surface area contributed by atoms with Gasteiger partial charge in [0.25, 0.3) is 0 Å². The van der Waals surface area contributed by atoms with Crippen LogP contribution < -0.4 is 5.32 Å². The van der Waals surface area contributed by atoms with Gasteiger partial charge in [-0.05, 0) is 57.8 Å². The molecule has 1 saturated heterocycles. The van der Waals surface area contributed by atoms with E-state index in [0.29, 0.717) is 12.1 Å². The predicted octanol–water partition coefficient (Wildman–Crippen LogP) is 4.17. The highest BCUT2D eigenvalue weighted by atomic mass is 35.5. The molecular weight excluding hydrogens is 276 g/mol. The molecular formula is C15H25ClN2S. The van der Waals surface area contributed by atoms with Crippen molar-refractivity contribution in [2.45, 2.75) is 45.7 Å². The molecule has 2 heterocycles. The van der Waals surface area contributed by atoms with Gasteiger partial charge in [0.05, 0.1) is 4.34 Å². The van der Waals surface area contributed by atoms with Crippen LogP contribution in [0.25, 0.3) is 0 Å². The topological polar surface area (TPSA) is 15.3 Å². The van der Waals surface area contributed by atoms with Crippen LogP contribution in [0.2, 0.25) is 4.34 Å². The monoisotopic (exact) mass is 300 g/mol. The van der Waals surface area contributed by atoms with Gasteiger partial charge in [-0.3, -0.25) is 0 Å². The third-order valence-electron chi connectivity index (χ3n) is 4.23. The van der Waals surface area contributed by atoms with E-state index < -0.39 is 0 Å². The first-order valence-electron chi connectivity index (χ1n) is 7.33. The van der Waals surface area contributed by atoms with Crippen molar-refractivity contribution in [2.24, 2.45) is 5.92 Å². The van der Waals surface area contributed by atoms with Crippen molar-refractivity contribution in [1.82, 2.24) is 10.2 Å². The van der Waals surface area contributed by atoms with Crippen LogP contribution in [-0.4, -0.2) is 30.6 Å². The fourth-order valence-electron chi connectivity index (χ4n) is 2.96. The number of thiophene rings is 1. The number of halogens is 1. The van der Waals surface area contributed by atoms with Crippen LogP contribution in [0.1, 0.15) is 44.5 Å². The minimum Gasteiger partial charge on any atom is -0.307 e. The van der Waals surface area contributed by atoms with Crippen molar-refractivity contribution < 1.29 is 0 Å². The van der Waals surface area contributed by atoms with Gasteiger partial charge in [0, 0.05) is 23.5 Å². The Bertz CT molecular complexity index is 393. The Morgan fingerprint density at radius 2 is 2.26 bits per heavy atom. The number of nitrogens with one attached hydrogen (secondary N) is 1. The molecule has 1 N–H and O–H groups in total. The van der Waals surface area contributed by atoms with E-state index >= 15 is 0 Å². The lowest BCUT2D eigenvalue weighted by atomic mass is 9.91. The molecule has 0 aliphatic carbocycles. The molecule has 0 spiro atoms. The molecule has 108 valence electrons. The molecule has 19 heavy (non-hydrogen) atoms. The van der Waals surface area contributed by atoms with E-state index in [4.69, 9.17) is 11.6 Å². The smallest absolute Gasteiger partial charge is 0.0931 e. The van der Waals surface area contributed by atoms with Crippen molar-refractivity contribution in [3.63, 3.8) is 0 Å². The second-order valence-corrected chi connectivity index (χ2v) is 7.36. The molecule has 1 aromatic heterocycles. The maximum atomic E-state index is 6.01. The maximum Gasteiger partial charge on any atom is 0.0931 e. The number of piperidine rings is 1. The van der Waals surface area contributed by atoms with Crippen LogP contribution in [0.3, 0.4) is 0 Å². The third-order valence-corrected chi connectivity index (χ3v) is 5.64. The highest BCUT2D eigenvalue weighted by Crippen LogP contribution is 2.28. The molecule has 3 unspecified atom stereocenters. The van der Waals surface area contributed by atoms with E-state index in [-0.39, 0.29) is 0 Å². The van der Waals surface area contributed by atoms with Crippen molar-refractivity contribution in [3.05, 3.63) is 21.3 Å². The fraction of sp³-hybridized carbons (Fsp3) is 0.733. The molecule has 0 radical (unpaired) electrons. The van der Waals surface area contributed by atoms with Crippen molar-refractivity contribution in [2.75, 3.05) is 19.6 Å². The van der Waals surface area contributed by atoms with Crippen molar-refractivity contribution in [3.8, 4) is 0 Å². The normalized spacial score (nSPS) is 24.3. The number of likely N-dealkylation sites (tertiary alicyclic amines) is 1. The maximum absolute atomic E-state index is 6.01. The summed E-state index contributed by atoms with van der Waals surface area (Å²) in [5, 5.41) is 3.75. The molecule has 0 amide bonds. The summed E-state index contributed by atoms with van der Waals surface area (Å²) in [5.74, 6) is 0.770. The van der Waals surface area contributed by atoms with Gasteiger partial charge in [0.15, 0.2) is 0 Å². The van der Waals surface area contributed by atoms with E-state index in [1.807, 2.05) is 6.07 Å².